The zero-order valence-electron chi connectivity index (χ0n) is 13.2. The number of nitro benzene ring substituents is 1. The third-order valence-electron chi connectivity index (χ3n) is 4.15. The molecule has 126 valence electrons. The van der Waals surface area contributed by atoms with Crippen LogP contribution in [0, 0.1) is 10.1 Å². The van der Waals surface area contributed by atoms with Crippen molar-refractivity contribution in [1.29, 1.82) is 0 Å². The molecule has 7 nitrogen and oxygen atoms in total. The van der Waals surface area contributed by atoms with Gasteiger partial charge in [0.25, 0.3) is 11.6 Å². The van der Waals surface area contributed by atoms with Crippen LogP contribution >= 0.6 is 11.6 Å². The molecule has 1 aliphatic heterocycles. The Balaban J connectivity index is 2.01. The second kappa shape index (κ2) is 7.25. The maximum Gasteiger partial charge on any atom is 0.288 e. The molecule has 1 aliphatic rings. The molecule has 1 aromatic carbocycles. The SMILES string of the molecule is CC(C)(CNC(=O)c1ccc(Cl)c([N+](=O)[O-])c1)[NH+]1CCOCC1. The fraction of sp³-hybridized carbons (Fsp3) is 0.533. The van der Waals surface area contributed by atoms with Crippen molar-refractivity contribution in [2.24, 2.45) is 0 Å². The number of nitrogens with zero attached hydrogens (tertiary/aromatic N) is 1. The monoisotopic (exact) mass is 342 g/mol. The van der Waals surface area contributed by atoms with Crippen LogP contribution in [-0.4, -0.2) is 49.2 Å². The predicted octanol–water partition coefficient (Wildman–Crippen LogP) is 0.672. The van der Waals surface area contributed by atoms with Crippen molar-refractivity contribution in [3.05, 3.63) is 38.9 Å². The Bertz CT molecular complexity index is 600. The summed E-state index contributed by atoms with van der Waals surface area (Å²) in [7, 11) is 0. The van der Waals surface area contributed by atoms with Gasteiger partial charge in [-0.25, -0.2) is 0 Å². The van der Waals surface area contributed by atoms with Crippen molar-refractivity contribution in [3.63, 3.8) is 0 Å². The van der Waals surface area contributed by atoms with Gasteiger partial charge in [-0.3, -0.25) is 14.9 Å². The van der Waals surface area contributed by atoms with Gasteiger partial charge in [0, 0.05) is 11.6 Å². The molecule has 2 N–H and O–H groups in total. The van der Waals surface area contributed by atoms with Crippen LogP contribution in [0.25, 0.3) is 0 Å². The number of carbonyl (C=O) groups excluding carboxylic acids is 1. The summed E-state index contributed by atoms with van der Waals surface area (Å²) in [5.74, 6) is -0.342. The quantitative estimate of drug-likeness (QED) is 0.608. The van der Waals surface area contributed by atoms with Crippen molar-refractivity contribution in [2.45, 2.75) is 19.4 Å². The average molecular weight is 343 g/mol. The Morgan fingerprint density at radius 3 is 2.70 bits per heavy atom. The van der Waals surface area contributed by atoms with Crippen molar-refractivity contribution in [3.8, 4) is 0 Å². The molecule has 23 heavy (non-hydrogen) atoms. The van der Waals surface area contributed by atoms with Crippen LogP contribution < -0.4 is 10.2 Å². The number of quaternary nitrogens is 1. The summed E-state index contributed by atoms with van der Waals surface area (Å²) in [4.78, 5) is 23.9. The number of amides is 1. The molecule has 0 radical (unpaired) electrons. The highest BCUT2D eigenvalue weighted by molar-refractivity contribution is 6.32. The number of ether oxygens (including phenoxy) is 1. The number of nitro groups is 1. The highest BCUT2D eigenvalue weighted by Gasteiger charge is 2.32. The number of rotatable bonds is 5. The predicted molar refractivity (Wildman–Crippen MR) is 86.0 cm³/mol. The third-order valence-corrected chi connectivity index (χ3v) is 4.47. The van der Waals surface area contributed by atoms with Gasteiger partial charge in [0.1, 0.15) is 23.7 Å². The number of morpholine rings is 1. The van der Waals surface area contributed by atoms with Crippen LogP contribution in [0.1, 0.15) is 24.2 Å². The molecule has 0 aliphatic carbocycles. The number of benzene rings is 1. The van der Waals surface area contributed by atoms with Gasteiger partial charge in [-0.05, 0) is 26.0 Å². The maximum absolute atomic E-state index is 12.2. The molecule has 1 aromatic rings. The molecule has 0 saturated carbocycles. The van der Waals surface area contributed by atoms with Crippen molar-refractivity contribution >= 4 is 23.2 Å². The van der Waals surface area contributed by atoms with E-state index in [2.05, 4.69) is 19.2 Å². The van der Waals surface area contributed by atoms with Gasteiger partial charge >= 0.3 is 0 Å². The molecular weight excluding hydrogens is 322 g/mol. The molecule has 0 bridgehead atoms. The van der Waals surface area contributed by atoms with Gasteiger partial charge < -0.3 is 15.0 Å². The van der Waals surface area contributed by atoms with E-state index in [1.807, 2.05) is 0 Å². The number of hydrogen-bond donors (Lipinski definition) is 2. The van der Waals surface area contributed by atoms with E-state index in [-0.39, 0.29) is 27.7 Å². The summed E-state index contributed by atoms with van der Waals surface area (Å²) in [6, 6.07) is 4.05. The fourth-order valence-electron chi connectivity index (χ4n) is 2.62. The van der Waals surface area contributed by atoms with E-state index >= 15 is 0 Å². The Kier molecular flexibility index (Phi) is 5.56. The van der Waals surface area contributed by atoms with Crippen LogP contribution in [0.3, 0.4) is 0 Å². The Morgan fingerprint density at radius 2 is 2.09 bits per heavy atom. The molecular formula is C15H21ClN3O4+. The van der Waals surface area contributed by atoms with Gasteiger partial charge in [-0.15, -0.1) is 0 Å². The lowest BCUT2D eigenvalue weighted by molar-refractivity contribution is -0.954. The Morgan fingerprint density at radius 1 is 1.43 bits per heavy atom. The molecule has 8 heteroatoms. The van der Waals surface area contributed by atoms with Crippen LogP contribution in [0.5, 0.6) is 0 Å². The molecule has 0 unspecified atom stereocenters. The second-order valence-electron chi connectivity index (χ2n) is 6.21. The van der Waals surface area contributed by atoms with Gasteiger partial charge in [0.2, 0.25) is 0 Å². The first-order chi connectivity index (χ1) is 10.8. The first kappa shape index (κ1) is 17.7. The van der Waals surface area contributed by atoms with Gasteiger partial charge in [-0.2, -0.15) is 0 Å². The zero-order valence-corrected chi connectivity index (χ0v) is 14.0. The van der Waals surface area contributed by atoms with Gasteiger partial charge in [-0.1, -0.05) is 11.6 Å². The minimum absolute atomic E-state index is 0.0182. The Hall–Kier alpha value is -1.70. The number of hydrogen-bond acceptors (Lipinski definition) is 4. The second-order valence-corrected chi connectivity index (χ2v) is 6.61. The number of nitrogens with one attached hydrogen (secondary N) is 2. The fourth-order valence-corrected chi connectivity index (χ4v) is 2.80. The molecule has 1 fully saturated rings. The molecule has 1 amide bonds. The molecule has 0 spiro atoms. The summed E-state index contributed by atoms with van der Waals surface area (Å²) < 4.78 is 5.35. The number of halogens is 1. The van der Waals surface area contributed by atoms with Crippen LogP contribution in [0.4, 0.5) is 5.69 Å². The van der Waals surface area contributed by atoms with Gasteiger partial charge in [0.05, 0.1) is 24.7 Å². The lowest BCUT2D eigenvalue weighted by Crippen LogP contribution is -3.22. The zero-order chi connectivity index (χ0) is 17.0. The molecule has 1 heterocycles. The topological polar surface area (TPSA) is 85.9 Å². The molecule has 1 saturated heterocycles. The smallest absolute Gasteiger partial charge is 0.288 e. The summed E-state index contributed by atoms with van der Waals surface area (Å²) in [6.45, 7) is 7.87. The van der Waals surface area contributed by atoms with E-state index in [1.165, 1.54) is 23.1 Å². The summed E-state index contributed by atoms with van der Waals surface area (Å²) in [6.07, 6.45) is 0. The van der Waals surface area contributed by atoms with Crippen LogP contribution in [-0.2, 0) is 4.74 Å². The van der Waals surface area contributed by atoms with Crippen molar-refractivity contribution < 1.29 is 19.4 Å². The summed E-state index contributed by atoms with van der Waals surface area (Å²) in [5, 5.41) is 13.8. The molecule has 2 rings (SSSR count). The highest BCUT2D eigenvalue weighted by atomic mass is 35.5. The minimum atomic E-state index is -0.596. The van der Waals surface area contributed by atoms with E-state index in [4.69, 9.17) is 16.3 Å². The van der Waals surface area contributed by atoms with Gasteiger partial charge in [0.15, 0.2) is 0 Å². The lowest BCUT2D eigenvalue weighted by atomic mass is 10.0. The van der Waals surface area contributed by atoms with Crippen LogP contribution in [0.15, 0.2) is 18.2 Å². The molecule has 0 aromatic heterocycles. The highest BCUT2D eigenvalue weighted by Crippen LogP contribution is 2.24. The third kappa shape index (κ3) is 4.40. The van der Waals surface area contributed by atoms with Crippen LogP contribution in [0.2, 0.25) is 5.02 Å². The van der Waals surface area contributed by atoms with E-state index in [9.17, 15) is 14.9 Å². The largest absolute Gasteiger partial charge is 0.370 e. The normalized spacial score (nSPS) is 16.1. The van der Waals surface area contributed by atoms with E-state index in [1.54, 1.807) is 0 Å². The lowest BCUT2D eigenvalue weighted by Gasteiger charge is -2.37. The Labute approximate surface area is 139 Å². The first-order valence-electron chi connectivity index (χ1n) is 7.46. The summed E-state index contributed by atoms with van der Waals surface area (Å²) in [5.41, 5.74) is -0.177. The van der Waals surface area contributed by atoms with E-state index in [0.29, 0.717) is 6.54 Å². The van der Waals surface area contributed by atoms with E-state index < -0.39 is 4.92 Å². The van der Waals surface area contributed by atoms with E-state index in [0.717, 1.165) is 26.3 Å². The standard InChI is InChI=1S/C15H20ClN3O4/c1-15(2,18-5-7-23-8-6-18)10-17-14(20)11-3-4-12(16)13(9-11)19(21)22/h3-4,9H,5-8,10H2,1-2H3,(H,17,20)/p+1. The maximum atomic E-state index is 12.2. The first-order valence-corrected chi connectivity index (χ1v) is 7.84. The van der Waals surface area contributed by atoms with Crippen molar-refractivity contribution in [1.82, 2.24) is 5.32 Å². The summed E-state index contributed by atoms with van der Waals surface area (Å²) >= 11 is 5.76. The minimum Gasteiger partial charge on any atom is -0.370 e. The molecule has 0 atom stereocenters. The van der Waals surface area contributed by atoms with Crippen molar-refractivity contribution in [2.75, 3.05) is 32.8 Å². The number of carbonyl (C=O) groups is 1. The average Bonchev–Trinajstić information content (AvgIpc) is 2.53.